The van der Waals surface area contributed by atoms with Crippen molar-refractivity contribution < 1.29 is 9.47 Å². The fourth-order valence-corrected chi connectivity index (χ4v) is 2.74. The second-order valence-electron chi connectivity index (χ2n) is 6.37. The Morgan fingerprint density at radius 2 is 1.44 bits per heavy atom. The highest BCUT2D eigenvalue weighted by Crippen LogP contribution is 2.34. The summed E-state index contributed by atoms with van der Waals surface area (Å²) in [5.41, 5.74) is 11.5. The Hall–Kier alpha value is -2.49. The summed E-state index contributed by atoms with van der Waals surface area (Å²) in [5.74, 6) is 1.46. The van der Waals surface area contributed by atoms with Crippen LogP contribution in [0.1, 0.15) is 16.7 Å². The Balaban J connectivity index is 0.00000261. The maximum Gasteiger partial charge on any atom is 0.162 e. The van der Waals surface area contributed by atoms with Crippen LogP contribution in [0.2, 0.25) is 0 Å². The molecule has 3 nitrogen and oxygen atoms in total. The number of halogens is 1. The van der Waals surface area contributed by atoms with Gasteiger partial charge in [0.05, 0.1) is 0 Å². The third kappa shape index (κ3) is 5.49. The minimum absolute atomic E-state index is 0. The summed E-state index contributed by atoms with van der Waals surface area (Å²) in [7, 11) is 0. The Bertz CT molecular complexity index is 866. The average Bonchev–Trinajstić information content (AvgIpc) is 2.68. The largest absolute Gasteiger partial charge is 0.488 e. The van der Waals surface area contributed by atoms with Crippen LogP contribution in [0.4, 0.5) is 0 Å². The highest BCUT2D eigenvalue weighted by atomic mass is 35.5. The lowest BCUT2D eigenvalue weighted by molar-refractivity contribution is 0.266. The van der Waals surface area contributed by atoms with Gasteiger partial charge in [-0.25, -0.2) is 0 Å². The molecule has 0 saturated heterocycles. The van der Waals surface area contributed by atoms with E-state index in [4.69, 9.17) is 15.2 Å². The molecule has 0 radical (unpaired) electrons. The Labute approximate surface area is 167 Å². The molecule has 0 aliphatic rings. The summed E-state index contributed by atoms with van der Waals surface area (Å²) >= 11 is 0. The molecule has 4 heteroatoms. The van der Waals surface area contributed by atoms with Gasteiger partial charge in [-0.3, -0.25) is 0 Å². The van der Waals surface area contributed by atoms with Crippen LogP contribution < -0.4 is 15.2 Å². The molecule has 27 heavy (non-hydrogen) atoms. The van der Waals surface area contributed by atoms with Crippen LogP contribution >= 0.6 is 12.4 Å². The average molecular weight is 384 g/mol. The van der Waals surface area contributed by atoms with Gasteiger partial charge in [-0.05, 0) is 53.8 Å². The number of ether oxygens (including phenoxy) is 2. The molecule has 0 aliphatic carbocycles. The van der Waals surface area contributed by atoms with Crippen molar-refractivity contribution in [2.45, 2.75) is 20.5 Å². The van der Waals surface area contributed by atoms with Crippen LogP contribution in [0.25, 0.3) is 11.1 Å². The molecule has 3 aromatic rings. The summed E-state index contributed by atoms with van der Waals surface area (Å²) in [6, 6.07) is 22.7. The molecule has 3 aromatic carbocycles. The standard InChI is InChI=1S/C23H25NO2.ClH/c1-17-8-9-20(14-18(17)2)21-10-11-22(25-13-12-24)23(15-21)26-16-19-6-4-3-5-7-19;/h3-11,14-15H,12-13,16,24H2,1-2H3;1H. The molecule has 0 unspecified atom stereocenters. The first-order chi connectivity index (χ1) is 12.7. The second-order valence-corrected chi connectivity index (χ2v) is 6.37. The van der Waals surface area contributed by atoms with E-state index in [-0.39, 0.29) is 12.4 Å². The van der Waals surface area contributed by atoms with Gasteiger partial charge in [0.1, 0.15) is 13.2 Å². The SMILES string of the molecule is Cc1ccc(-c2ccc(OCCN)c(OCc3ccccc3)c2)cc1C.Cl. The quantitative estimate of drug-likeness (QED) is 0.601. The van der Waals surface area contributed by atoms with Crippen molar-refractivity contribution in [2.24, 2.45) is 5.73 Å². The van der Waals surface area contributed by atoms with E-state index >= 15 is 0 Å². The lowest BCUT2D eigenvalue weighted by Crippen LogP contribution is -2.11. The molecule has 0 aliphatic heterocycles. The van der Waals surface area contributed by atoms with Crippen LogP contribution in [-0.4, -0.2) is 13.2 Å². The molecule has 0 amide bonds. The van der Waals surface area contributed by atoms with Gasteiger partial charge >= 0.3 is 0 Å². The smallest absolute Gasteiger partial charge is 0.162 e. The van der Waals surface area contributed by atoms with Crippen LogP contribution in [0, 0.1) is 13.8 Å². The molecule has 0 aromatic heterocycles. The number of benzene rings is 3. The first kappa shape index (κ1) is 20.8. The fourth-order valence-electron chi connectivity index (χ4n) is 2.74. The van der Waals surface area contributed by atoms with E-state index in [1.807, 2.05) is 42.5 Å². The van der Waals surface area contributed by atoms with Crippen molar-refractivity contribution in [1.29, 1.82) is 0 Å². The van der Waals surface area contributed by atoms with E-state index in [1.165, 1.54) is 16.7 Å². The van der Waals surface area contributed by atoms with Gasteiger partial charge in [0.15, 0.2) is 11.5 Å². The van der Waals surface area contributed by atoms with Gasteiger partial charge in [0.25, 0.3) is 0 Å². The van der Waals surface area contributed by atoms with Crippen LogP contribution in [0.3, 0.4) is 0 Å². The number of aryl methyl sites for hydroxylation is 2. The van der Waals surface area contributed by atoms with Crippen LogP contribution in [-0.2, 0) is 6.61 Å². The molecule has 142 valence electrons. The molecular weight excluding hydrogens is 358 g/mol. The van der Waals surface area contributed by atoms with Crippen molar-refractivity contribution in [3.63, 3.8) is 0 Å². The van der Waals surface area contributed by atoms with Crippen molar-refractivity contribution >= 4 is 12.4 Å². The summed E-state index contributed by atoms with van der Waals surface area (Å²) in [6.07, 6.45) is 0. The van der Waals surface area contributed by atoms with Gasteiger partial charge in [-0.2, -0.15) is 0 Å². The van der Waals surface area contributed by atoms with Gasteiger partial charge in [-0.15, -0.1) is 12.4 Å². The zero-order chi connectivity index (χ0) is 18.4. The number of hydrogen-bond acceptors (Lipinski definition) is 3. The predicted molar refractivity (Wildman–Crippen MR) is 114 cm³/mol. The summed E-state index contributed by atoms with van der Waals surface area (Å²) < 4.78 is 11.8. The first-order valence-corrected chi connectivity index (χ1v) is 8.88. The van der Waals surface area contributed by atoms with E-state index < -0.39 is 0 Å². The molecule has 0 saturated carbocycles. The van der Waals surface area contributed by atoms with Crippen molar-refractivity contribution in [3.8, 4) is 22.6 Å². The molecular formula is C23H26ClNO2. The van der Waals surface area contributed by atoms with Crippen molar-refractivity contribution in [2.75, 3.05) is 13.2 Å². The fraction of sp³-hybridized carbons (Fsp3) is 0.217. The van der Waals surface area contributed by atoms with E-state index in [1.54, 1.807) is 0 Å². The maximum absolute atomic E-state index is 6.07. The van der Waals surface area contributed by atoms with E-state index in [2.05, 4.69) is 38.1 Å². The van der Waals surface area contributed by atoms with Gasteiger partial charge < -0.3 is 15.2 Å². The molecule has 2 N–H and O–H groups in total. The predicted octanol–water partition coefficient (Wildman–Crippen LogP) is 5.31. The van der Waals surface area contributed by atoms with Crippen molar-refractivity contribution in [3.05, 3.63) is 83.4 Å². The first-order valence-electron chi connectivity index (χ1n) is 8.88. The Morgan fingerprint density at radius 3 is 2.15 bits per heavy atom. The monoisotopic (exact) mass is 383 g/mol. The normalized spacial score (nSPS) is 10.2. The molecule has 0 fully saturated rings. The third-order valence-corrected chi connectivity index (χ3v) is 4.40. The molecule has 0 atom stereocenters. The summed E-state index contributed by atoms with van der Waals surface area (Å²) in [4.78, 5) is 0. The maximum atomic E-state index is 6.07. The minimum Gasteiger partial charge on any atom is -0.488 e. The zero-order valence-corrected chi connectivity index (χ0v) is 16.6. The second kappa shape index (κ2) is 10.0. The summed E-state index contributed by atoms with van der Waals surface area (Å²) in [6.45, 7) is 5.68. The third-order valence-electron chi connectivity index (χ3n) is 4.40. The Morgan fingerprint density at radius 1 is 0.741 bits per heavy atom. The number of hydrogen-bond donors (Lipinski definition) is 1. The van der Waals surface area contributed by atoms with E-state index in [0.717, 1.165) is 22.6 Å². The molecule has 0 spiro atoms. The van der Waals surface area contributed by atoms with Crippen molar-refractivity contribution in [1.82, 2.24) is 0 Å². The lowest BCUT2D eigenvalue weighted by Gasteiger charge is -2.15. The lowest BCUT2D eigenvalue weighted by atomic mass is 10.0. The van der Waals surface area contributed by atoms with Crippen LogP contribution in [0.15, 0.2) is 66.7 Å². The van der Waals surface area contributed by atoms with Crippen LogP contribution in [0.5, 0.6) is 11.5 Å². The van der Waals surface area contributed by atoms with Gasteiger partial charge in [0, 0.05) is 6.54 Å². The van der Waals surface area contributed by atoms with Gasteiger partial charge in [-0.1, -0.05) is 54.6 Å². The number of rotatable bonds is 7. The van der Waals surface area contributed by atoms with Gasteiger partial charge in [0.2, 0.25) is 0 Å². The topological polar surface area (TPSA) is 44.5 Å². The Kier molecular flexibility index (Phi) is 7.71. The highest BCUT2D eigenvalue weighted by Gasteiger charge is 2.09. The summed E-state index contributed by atoms with van der Waals surface area (Å²) in [5, 5.41) is 0. The molecule has 0 bridgehead atoms. The zero-order valence-electron chi connectivity index (χ0n) is 15.8. The number of nitrogens with two attached hydrogens (primary N) is 1. The minimum atomic E-state index is 0. The molecule has 3 rings (SSSR count). The highest BCUT2D eigenvalue weighted by molar-refractivity contribution is 5.85. The van der Waals surface area contributed by atoms with E-state index in [9.17, 15) is 0 Å². The van der Waals surface area contributed by atoms with E-state index in [0.29, 0.717) is 19.8 Å². The molecule has 0 heterocycles.